The van der Waals surface area contributed by atoms with Crippen LogP contribution in [0.5, 0.6) is 0 Å². The highest BCUT2D eigenvalue weighted by molar-refractivity contribution is 7.16. The van der Waals surface area contributed by atoms with Crippen LogP contribution in [0.15, 0.2) is 0 Å². The van der Waals surface area contributed by atoms with Gasteiger partial charge in [0.05, 0.1) is 17.1 Å². The van der Waals surface area contributed by atoms with Crippen LogP contribution in [0, 0.1) is 0 Å². The Morgan fingerprint density at radius 1 is 1.50 bits per heavy atom. The number of anilines is 1. The molecule has 1 aliphatic heterocycles. The van der Waals surface area contributed by atoms with Crippen LogP contribution in [0.1, 0.15) is 17.7 Å². The minimum absolute atomic E-state index is 0.109. The summed E-state index contributed by atoms with van der Waals surface area (Å²) in [6.45, 7) is 1.56. The second-order valence-electron chi connectivity index (χ2n) is 4.56. The largest absolute Gasteiger partial charge is 0.391 e. The van der Waals surface area contributed by atoms with E-state index in [4.69, 9.17) is 21.4 Å². The number of likely N-dealkylation sites (N-methyl/N-ethyl adjacent to an activating group) is 1. The molecule has 0 aromatic carbocycles. The second-order valence-corrected chi connectivity index (χ2v) is 5.98. The average Bonchev–Trinajstić information content (AvgIpc) is 2.71. The fourth-order valence-electron chi connectivity index (χ4n) is 2.00. The Labute approximate surface area is 115 Å². The molecule has 5 nitrogen and oxygen atoms in total. The van der Waals surface area contributed by atoms with E-state index in [1.165, 1.54) is 11.3 Å². The van der Waals surface area contributed by atoms with Crippen molar-refractivity contribution in [3.8, 4) is 0 Å². The zero-order valence-electron chi connectivity index (χ0n) is 10.2. The van der Waals surface area contributed by atoms with Crippen LogP contribution in [0.3, 0.4) is 0 Å². The lowest BCUT2D eigenvalue weighted by molar-refractivity contribution is -0.0572. The molecule has 18 heavy (non-hydrogen) atoms. The van der Waals surface area contributed by atoms with E-state index in [0.717, 1.165) is 0 Å². The molecule has 1 aliphatic rings. The predicted molar refractivity (Wildman–Crippen MR) is 71.3 cm³/mol. The fraction of sp³-hybridized carbons (Fsp3) is 0.727. The number of nitrogens with zero attached hydrogens (tertiary/aromatic N) is 2. The van der Waals surface area contributed by atoms with Gasteiger partial charge in [-0.1, -0.05) is 22.9 Å². The predicted octanol–water partition coefficient (Wildman–Crippen LogP) is 1.27. The first-order valence-corrected chi connectivity index (χ1v) is 7.01. The van der Waals surface area contributed by atoms with Gasteiger partial charge in [0.15, 0.2) is 5.13 Å². The number of hydrogen-bond acceptors (Lipinski definition) is 6. The van der Waals surface area contributed by atoms with Crippen molar-refractivity contribution >= 4 is 28.1 Å². The van der Waals surface area contributed by atoms with Crippen molar-refractivity contribution in [2.24, 2.45) is 0 Å². The van der Waals surface area contributed by atoms with Gasteiger partial charge < -0.3 is 19.8 Å². The van der Waals surface area contributed by atoms with Crippen molar-refractivity contribution in [1.29, 1.82) is 0 Å². The summed E-state index contributed by atoms with van der Waals surface area (Å²) >= 11 is 7.24. The first kappa shape index (κ1) is 14.0. The zero-order chi connectivity index (χ0) is 13.2. The van der Waals surface area contributed by atoms with Crippen LogP contribution in [-0.4, -0.2) is 47.6 Å². The topological polar surface area (TPSA) is 65.8 Å². The Kier molecular flexibility index (Phi) is 4.45. The van der Waals surface area contributed by atoms with Crippen molar-refractivity contribution in [2.45, 2.75) is 25.0 Å². The van der Waals surface area contributed by atoms with Gasteiger partial charge in [-0.15, -0.1) is 0 Å². The van der Waals surface area contributed by atoms with Crippen molar-refractivity contribution < 1.29 is 14.9 Å². The lowest BCUT2D eigenvalue weighted by atomic mass is 9.94. The highest BCUT2D eigenvalue weighted by Crippen LogP contribution is 2.31. The lowest BCUT2D eigenvalue weighted by Gasteiger charge is -2.35. The van der Waals surface area contributed by atoms with E-state index in [1.54, 1.807) is 0 Å². The van der Waals surface area contributed by atoms with E-state index >= 15 is 0 Å². The molecular formula is C11H17ClN2O3S. The molecule has 0 bridgehead atoms. The number of thiazole rings is 1. The maximum atomic E-state index is 10.4. The third-order valence-corrected chi connectivity index (χ3v) is 4.64. The minimum Gasteiger partial charge on any atom is -0.391 e. The molecule has 7 heteroatoms. The molecule has 0 saturated carbocycles. The number of aliphatic hydroxyl groups excluding tert-OH is 1. The van der Waals surface area contributed by atoms with Gasteiger partial charge in [0.25, 0.3) is 0 Å². The molecule has 0 atom stereocenters. The molecular weight excluding hydrogens is 276 g/mol. The summed E-state index contributed by atoms with van der Waals surface area (Å²) in [6.07, 6.45) is 1.26. The van der Waals surface area contributed by atoms with E-state index in [0.29, 0.717) is 47.8 Å². The first-order valence-electron chi connectivity index (χ1n) is 5.81. The molecule has 0 amide bonds. The molecule has 1 aromatic heterocycles. The normalized spacial score (nSPS) is 18.9. The first-order chi connectivity index (χ1) is 8.54. The van der Waals surface area contributed by atoms with Gasteiger partial charge in [-0.25, -0.2) is 4.98 Å². The van der Waals surface area contributed by atoms with E-state index < -0.39 is 5.60 Å². The van der Waals surface area contributed by atoms with Gasteiger partial charge in [-0.3, -0.25) is 0 Å². The van der Waals surface area contributed by atoms with E-state index in [1.807, 2.05) is 11.9 Å². The monoisotopic (exact) mass is 292 g/mol. The third kappa shape index (κ3) is 3.13. The van der Waals surface area contributed by atoms with Crippen LogP contribution in [0.2, 0.25) is 5.15 Å². The third-order valence-electron chi connectivity index (χ3n) is 3.06. The van der Waals surface area contributed by atoms with E-state index in [2.05, 4.69) is 4.98 Å². The summed E-state index contributed by atoms with van der Waals surface area (Å²) < 4.78 is 5.25. The van der Waals surface area contributed by atoms with Crippen LogP contribution >= 0.6 is 22.9 Å². The maximum Gasteiger partial charge on any atom is 0.186 e. The standard InChI is InChI=1S/C11H17ClN2O3S/c1-14(7-11(16)2-4-17-5-3-11)10-13-9(12)8(6-15)18-10/h15-16H,2-7H2,1H3. The number of aromatic nitrogens is 1. The van der Waals surface area contributed by atoms with Crippen molar-refractivity contribution in [3.63, 3.8) is 0 Å². The Bertz CT molecular complexity index is 407. The van der Waals surface area contributed by atoms with Gasteiger partial charge >= 0.3 is 0 Å². The van der Waals surface area contributed by atoms with Crippen molar-refractivity contribution in [1.82, 2.24) is 4.98 Å². The molecule has 0 radical (unpaired) electrons. The number of ether oxygens (including phenoxy) is 1. The summed E-state index contributed by atoms with van der Waals surface area (Å²) in [7, 11) is 1.86. The van der Waals surface area contributed by atoms with Crippen LogP contribution in [0.25, 0.3) is 0 Å². The highest BCUT2D eigenvalue weighted by atomic mass is 35.5. The Hall–Kier alpha value is -0.400. The van der Waals surface area contributed by atoms with Crippen LogP contribution in [-0.2, 0) is 11.3 Å². The Morgan fingerprint density at radius 2 is 2.17 bits per heavy atom. The van der Waals surface area contributed by atoms with Crippen LogP contribution < -0.4 is 4.90 Å². The molecule has 0 spiro atoms. The number of hydrogen-bond donors (Lipinski definition) is 2. The maximum absolute atomic E-state index is 10.4. The van der Waals surface area contributed by atoms with Gasteiger partial charge in [0.2, 0.25) is 0 Å². The molecule has 2 N–H and O–H groups in total. The molecule has 2 heterocycles. The van der Waals surface area contributed by atoms with Gasteiger partial charge in [-0.05, 0) is 0 Å². The van der Waals surface area contributed by atoms with E-state index in [-0.39, 0.29) is 6.61 Å². The van der Waals surface area contributed by atoms with Crippen LogP contribution in [0.4, 0.5) is 5.13 Å². The number of rotatable bonds is 4. The SMILES string of the molecule is CN(CC1(O)CCOCC1)c1nc(Cl)c(CO)s1. The van der Waals surface area contributed by atoms with Crippen molar-refractivity contribution in [2.75, 3.05) is 31.7 Å². The summed E-state index contributed by atoms with van der Waals surface area (Å²) in [5, 5.41) is 20.5. The summed E-state index contributed by atoms with van der Waals surface area (Å²) in [6, 6.07) is 0. The fourth-order valence-corrected chi connectivity index (χ4v) is 3.08. The Morgan fingerprint density at radius 3 is 2.72 bits per heavy atom. The molecule has 102 valence electrons. The number of aliphatic hydroxyl groups is 2. The van der Waals surface area contributed by atoms with Gasteiger partial charge in [-0.2, -0.15) is 0 Å². The average molecular weight is 293 g/mol. The summed E-state index contributed by atoms with van der Waals surface area (Å²) in [4.78, 5) is 6.71. The molecule has 2 rings (SSSR count). The molecule has 1 fully saturated rings. The smallest absolute Gasteiger partial charge is 0.186 e. The summed E-state index contributed by atoms with van der Waals surface area (Å²) in [5.74, 6) is 0. The van der Waals surface area contributed by atoms with Gasteiger partial charge in [0.1, 0.15) is 5.15 Å². The Balaban J connectivity index is 2.04. The molecule has 0 aliphatic carbocycles. The summed E-state index contributed by atoms with van der Waals surface area (Å²) in [5.41, 5.74) is -0.732. The number of halogens is 1. The molecule has 0 unspecified atom stereocenters. The van der Waals surface area contributed by atoms with Gasteiger partial charge in [0, 0.05) is 39.6 Å². The second kappa shape index (κ2) is 5.71. The van der Waals surface area contributed by atoms with Crippen molar-refractivity contribution in [3.05, 3.63) is 10.0 Å². The molecule has 1 saturated heterocycles. The van der Waals surface area contributed by atoms with E-state index in [9.17, 15) is 5.11 Å². The minimum atomic E-state index is -0.732. The quantitative estimate of drug-likeness (QED) is 0.875. The molecule has 1 aromatic rings. The zero-order valence-corrected chi connectivity index (χ0v) is 11.8. The highest BCUT2D eigenvalue weighted by Gasteiger charge is 2.32. The lowest BCUT2D eigenvalue weighted by Crippen LogP contribution is -2.45.